The average molecular weight is 239 g/mol. The molecule has 2 aromatic rings. The highest BCUT2D eigenvalue weighted by Gasteiger charge is 2.23. The number of hydrogen-bond donors (Lipinski definition) is 1. The van der Waals surface area contributed by atoms with Gasteiger partial charge in [-0.1, -0.05) is 24.3 Å². The summed E-state index contributed by atoms with van der Waals surface area (Å²) < 4.78 is 10.8. The van der Waals surface area contributed by atoms with Crippen LogP contribution in [0.3, 0.4) is 0 Å². The fourth-order valence-electron chi connectivity index (χ4n) is 2.63. The first kappa shape index (κ1) is 9.83. The lowest BCUT2D eigenvalue weighted by Crippen LogP contribution is -2.05. The third kappa shape index (κ3) is 1.44. The van der Waals surface area contributed by atoms with E-state index in [9.17, 15) is 0 Å². The van der Waals surface area contributed by atoms with Gasteiger partial charge in [-0.25, -0.2) is 0 Å². The summed E-state index contributed by atoms with van der Waals surface area (Å²) in [5.41, 5.74) is 3.86. The predicted octanol–water partition coefficient (Wildman–Crippen LogP) is 3.12. The Morgan fingerprint density at radius 3 is 2.83 bits per heavy atom. The highest BCUT2D eigenvalue weighted by atomic mass is 16.7. The van der Waals surface area contributed by atoms with Gasteiger partial charge in [-0.2, -0.15) is 0 Å². The standard InChI is InChI=1S/C15H13NO2/c1-2-4-12-10(3-1)7-13(16-12)11-5-6-14-15(8-11)18-9-17-14/h1-6,8,13,16H,7,9H2. The van der Waals surface area contributed by atoms with Gasteiger partial charge >= 0.3 is 0 Å². The molecule has 2 heterocycles. The van der Waals surface area contributed by atoms with Gasteiger partial charge in [-0.05, 0) is 35.7 Å². The molecule has 3 nitrogen and oxygen atoms in total. The largest absolute Gasteiger partial charge is 0.454 e. The molecule has 3 heteroatoms. The van der Waals surface area contributed by atoms with E-state index in [2.05, 4.69) is 41.7 Å². The van der Waals surface area contributed by atoms with Crippen molar-refractivity contribution < 1.29 is 9.47 Å². The number of anilines is 1. The number of para-hydroxylation sites is 1. The van der Waals surface area contributed by atoms with Crippen molar-refractivity contribution in [2.24, 2.45) is 0 Å². The zero-order chi connectivity index (χ0) is 11.9. The molecule has 0 aliphatic carbocycles. The minimum atomic E-state index is 0.330. The molecule has 0 aromatic heterocycles. The summed E-state index contributed by atoms with van der Waals surface area (Å²) in [6, 6.07) is 15.0. The van der Waals surface area contributed by atoms with Crippen molar-refractivity contribution in [3.05, 3.63) is 53.6 Å². The molecular weight excluding hydrogens is 226 g/mol. The highest BCUT2D eigenvalue weighted by Crippen LogP contribution is 2.38. The Morgan fingerprint density at radius 2 is 1.89 bits per heavy atom. The molecule has 1 atom stereocenters. The van der Waals surface area contributed by atoms with Gasteiger partial charge in [-0.3, -0.25) is 0 Å². The van der Waals surface area contributed by atoms with Gasteiger partial charge in [0, 0.05) is 5.69 Å². The molecule has 18 heavy (non-hydrogen) atoms. The van der Waals surface area contributed by atoms with E-state index in [4.69, 9.17) is 9.47 Å². The SMILES string of the molecule is c1ccc2c(c1)CC(c1ccc3c(c1)OCO3)N2. The van der Waals surface area contributed by atoms with Gasteiger partial charge in [0.05, 0.1) is 6.04 Å². The Hall–Kier alpha value is -2.16. The van der Waals surface area contributed by atoms with Gasteiger partial charge < -0.3 is 14.8 Å². The van der Waals surface area contributed by atoms with Crippen molar-refractivity contribution in [1.82, 2.24) is 0 Å². The molecule has 0 bridgehead atoms. The molecule has 0 saturated heterocycles. The summed E-state index contributed by atoms with van der Waals surface area (Å²) in [6.45, 7) is 0.330. The Bertz CT molecular complexity index is 584. The first-order valence-electron chi connectivity index (χ1n) is 6.14. The Morgan fingerprint density at radius 1 is 1.00 bits per heavy atom. The first-order chi connectivity index (χ1) is 8.90. The number of hydrogen-bond acceptors (Lipinski definition) is 3. The lowest BCUT2D eigenvalue weighted by Gasteiger charge is -2.12. The lowest BCUT2D eigenvalue weighted by atomic mass is 10.0. The van der Waals surface area contributed by atoms with Crippen LogP contribution in [0.25, 0.3) is 0 Å². The maximum atomic E-state index is 5.43. The van der Waals surface area contributed by atoms with Gasteiger partial charge in [-0.15, -0.1) is 0 Å². The van der Waals surface area contributed by atoms with E-state index >= 15 is 0 Å². The van der Waals surface area contributed by atoms with Gasteiger partial charge in [0.15, 0.2) is 11.5 Å². The zero-order valence-corrected chi connectivity index (χ0v) is 9.85. The van der Waals surface area contributed by atoms with Crippen LogP contribution in [0.4, 0.5) is 5.69 Å². The fraction of sp³-hybridized carbons (Fsp3) is 0.200. The summed E-state index contributed by atoms with van der Waals surface area (Å²) >= 11 is 0. The maximum Gasteiger partial charge on any atom is 0.231 e. The van der Waals surface area contributed by atoms with Crippen LogP contribution in [-0.2, 0) is 6.42 Å². The van der Waals surface area contributed by atoms with Crippen molar-refractivity contribution in [3.63, 3.8) is 0 Å². The predicted molar refractivity (Wildman–Crippen MR) is 69.1 cm³/mol. The van der Waals surface area contributed by atoms with E-state index in [0.29, 0.717) is 12.8 Å². The monoisotopic (exact) mass is 239 g/mol. The van der Waals surface area contributed by atoms with E-state index in [1.807, 2.05) is 6.07 Å². The van der Waals surface area contributed by atoms with Crippen LogP contribution < -0.4 is 14.8 Å². The number of ether oxygens (including phenoxy) is 2. The molecule has 1 unspecified atom stereocenters. The Balaban J connectivity index is 1.66. The smallest absolute Gasteiger partial charge is 0.231 e. The van der Waals surface area contributed by atoms with Crippen LogP contribution in [-0.4, -0.2) is 6.79 Å². The topological polar surface area (TPSA) is 30.5 Å². The van der Waals surface area contributed by atoms with Crippen molar-refractivity contribution in [2.75, 3.05) is 12.1 Å². The minimum absolute atomic E-state index is 0.330. The van der Waals surface area contributed by atoms with Crippen molar-refractivity contribution in [3.8, 4) is 11.5 Å². The van der Waals surface area contributed by atoms with E-state index in [0.717, 1.165) is 17.9 Å². The molecule has 1 N–H and O–H groups in total. The molecule has 0 fully saturated rings. The van der Waals surface area contributed by atoms with Crippen LogP contribution in [0, 0.1) is 0 Å². The number of rotatable bonds is 1. The normalized spacial score (nSPS) is 19.4. The third-order valence-corrected chi connectivity index (χ3v) is 3.57. The van der Waals surface area contributed by atoms with Gasteiger partial charge in [0.2, 0.25) is 6.79 Å². The Labute approximate surface area is 105 Å². The van der Waals surface area contributed by atoms with E-state index in [1.54, 1.807) is 0 Å². The van der Waals surface area contributed by atoms with Crippen molar-refractivity contribution in [1.29, 1.82) is 0 Å². The molecule has 2 aromatic carbocycles. The number of benzene rings is 2. The average Bonchev–Trinajstić information content (AvgIpc) is 3.04. The molecule has 90 valence electrons. The van der Waals surface area contributed by atoms with E-state index < -0.39 is 0 Å². The second-order valence-electron chi connectivity index (χ2n) is 4.67. The zero-order valence-electron chi connectivity index (χ0n) is 9.85. The summed E-state index contributed by atoms with van der Waals surface area (Å²) in [4.78, 5) is 0. The van der Waals surface area contributed by atoms with Crippen LogP contribution in [0.5, 0.6) is 11.5 Å². The van der Waals surface area contributed by atoms with Crippen molar-refractivity contribution in [2.45, 2.75) is 12.5 Å². The highest BCUT2D eigenvalue weighted by molar-refractivity contribution is 5.59. The molecule has 0 saturated carbocycles. The van der Waals surface area contributed by atoms with Crippen molar-refractivity contribution >= 4 is 5.69 Å². The summed E-state index contributed by atoms with van der Waals surface area (Å²) in [7, 11) is 0. The van der Waals surface area contributed by atoms with Crippen LogP contribution in [0.15, 0.2) is 42.5 Å². The van der Waals surface area contributed by atoms with E-state index in [-0.39, 0.29) is 0 Å². The lowest BCUT2D eigenvalue weighted by molar-refractivity contribution is 0.174. The molecular formula is C15H13NO2. The van der Waals surface area contributed by atoms with Crippen LogP contribution in [0.1, 0.15) is 17.2 Å². The summed E-state index contributed by atoms with van der Waals surface area (Å²) in [5.74, 6) is 1.69. The minimum Gasteiger partial charge on any atom is -0.454 e. The molecule has 0 spiro atoms. The van der Waals surface area contributed by atoms with Crippen LogP contribution in [0.2, 0.25) is 0 Å². The third-order valence-electron chi connectivity index (χ3n) is 3.57. The first-order valence-corrected chi connectivity index (χ1v) is 6.14. The molecule has 0 amide bonds. The Kier molecular flexibility index (Phi) is 2.00. The summed E-state index contributed by atoms with van der Waals surface area (Å²) in [5, 5.41) is 3.55. The number of fused-ring (bicyclic) bond motifs is 2. The maximum absolute atomic E-state index is 5.43. The van der Waals surface area contributed by atoms with Gasteiger partial charge in [0.25, 0.3) is 0 Å². The quantitative estimate of drug-likeness (QED) is 0.829. The number of nitrogens with one attached hydrogen (secondary N) is 1. The molecule has 4 rings (SSSR count). The summed E-state index contributed by atoms with van der Waals surface area (Å²) in [6.07, 6.45) is 1.02. The second kappa shape index (κ2) is 3.67. The van der Waals surface area contributed by atoms with Gasteiger partial charge in [0.1, 0.15) is 0 Å². The van der Waals surface area contributed by atoms with Crippen LogP contribution >= 0.6 is 0 Å². The second-order valence-corrected chi connectivity index (χ2v) is 4.67. The molecule has 0 radical (unpaired) electrons. The molecule has 2 aliphatic rings. The molecule has 2 aliphatic heterocycles. The fourth-order valence-corrected chi connectivity index (χ4v) is 2.63. The van der Waals surface area contributed by atoms with E-state index in [1.165, 1.54) is 16.8 Å².